The summed E-state index contributed by atoms with van der Waals surface area (Å²) >= 11 is 0. The number of imide groups is 1. The van der Waals surface area contributed by atoms with Crippen molar-refractivity contribution in [1.82, 2.24) is 15.2 Å². The minimum atomic E-state index is -0.619. The predicted molar refractivity (Wildman–Crippen MR) is 110 cm³/mol. The number of carbonyl (C=O) groups is 3. The van der Waals surface area contributed by atoms with E-state index in [1.54, 1.807) is 24.3 Å². The molecule has 1 atom stereocenters. The monoisotopic (exact) mass is 401 g/mol. The summed E-state index contributed by atoms with van der Waals surface area (Å²) in [5, 5.41) is 4.25. The van der Waals surface area contributed by atoms with Crippen molar-refractivity contribution in [3.05, 3.63) is 59.8 Å². The van der Waals surface area contributed by atoms with E-state index in [4.69, 9.17) is 4.74 Å². The lowest BCUT2D eigenvalue weighted by atomic mass is 10.00. The van der Waals surface area contributed by atoms with Gasteiger partial charge >= 0.3 is 0 Å². The Labute approximate surface area is 172 Å². The van der Waals surface area contributed by atoms with Gasteiger partial charge in [-0.15, -0.1) is 0 Å². The number of hydrogen-bond donors (Lipinski definition) is 1. The first-order chi connectivity index (χ1) is 14.6. The Kier molecular flexibility index (Phi) is 4.24. The molecular formula is C23H19N3O4. The minimum absolute atomic E-state index is 0.182. The normalized spacial score (nSPS) is 18.5. The zero-order valence-electron chi connectivity index (χ0n) is 16.3. The van der Waals surface area contributed by atoms with Crippen molar-refractivity contribution in [1.29, 1.82) is 0 Å². The predicted octanol–water partition coefficient (Wildman–Crippen LogP) is 2.67. The van der Waals surface area contributed by atoms with Gasteiger partial charge < -0.3 is 9.64 Å². The Bertz CT molecular complexity index is 1220. The highest BCUT2D eigenvalue weighted by molar-refractivity contribution is 6.06. The van der Waals surface area contributed by atoms with Crippen LogP contribution in [0.1, 0.15) is 28.8 Å². The van der Waals surface area contributed by atoms with Gasteiger partial charge in [0.25, 0.3) is 5.91 Å². The zero-order chi connectivity index (χ0) is 20.8. The molecule has 2 aliphatic rings. The second-order valence-corrected chi connectivity index (χ2v) is 7.49. The van der Waals surface area contributed by atoms with Gasteiger partial charge in [0.05, 0.1) is 19.0 Å². The lowest BCUT2D eigenvalue weighted by Gasteiger charge is -2.29. The number of methoxy groups -OCH3 is 1. The third kappa shape index (κ3) is 2.82. The Morgan fingerprint density at radius 1 is 1.10 bits per heavy atom. The Hall–Kier alpha value is -3.74. The number of piperidine rings is 1. The third-order valence-electron chi connectivity index (χ3n) is 5.78. The molecule has 0 aliphatic carbocycles. The van der Waals surface area contributed by atoms with Crippen LogP contribution in [0.4, 0.5) is 0 Å². The van der Waals surface area contributed by atoms with Gasteiger partial charge in [-0.3, -0.25) is 24.7 Å². The van der Waals surface area contributed by atoms with E-state index in [-0.39, 0.29) is 18.2 Å². The molecule has 5 rings (SSSR count). The number of carbonyl (C=O) groups excluding carboxylic acids is 3. The van der Waals surface area contributed by atoms with Gasteiger partial charge in [0.15, 0.2) is 0 Å². The molecule has 7 nitrogen and oxygen atoms in total. The summed E-state index contributed by atoms with van der Waals surface area (Å²) < 4.78 is 5.43. The molecule has 1 unspecified atom stereocenters. The first-order valence-corrected chi connectivity index (χ1v) is 9.76. The van der Waals surface area contributed by atoms with Crippen molar-refractivity contribution in [3.63, 3.8) is 0 Å². The van der Waals surface area contributed by atoms with Crippen LogP contribution in [0.15, 0.2) is 48.7 Å². The quantitative estimate of drug-likeness (QED) is 0.682. The number of nitrogens with zero attached hydrogens (tertiary/aromatic N) is 2. The summed E-state index contributed by atoms with van der Waals surface area (Å²) in [6.45, 7) is 0.336. The number of hydrogen-bond acceptors (Lipinski definition) is 5. The molecule has 7 heteroatoms. The van der Waals surface area contributed by atoms with Crippen LogP contribution < -0.4 is 10.1 Å². The van der Waals surface area contributed by atoms with Crippen molar-refractivity contribution in [2.24, 2.45) is 0 Å². The summed E-state index contributed by atoms with van der Waals surface area (Å²) in [4.78, 5) is 42.7. The van der Waals surface area contributed by atoms with Crippen molar-refractivity contribution in [2.45, 2.75) is 25.4 Å². The lowest BCUT2D eigenvalue weighted by Crippen LogP contribution is -2.52. The van der Waals surface area contributed by atoms with Gasteiger partial charge in [0.1, 0.15) is 11.8 Å². The maximum atomic E-state index is 12.9. The molecule has 0 bridgehead atoms. The summed E-state index contributed by atoms with van der Waals surface area (Å²) in [5.41, 5.74) is 3.14. The van der Waals surface area contributed by atoms with E-state index < -0.39 is 11.9 Å². The van der Waals surface area contributed by atoms with Gasteiger partial charge in [0, 0.05) is 34.9 Å². The van der Waals surface area contributed by atoms with E-state index in [1.165, 1.54) is 0 Å². The SMILES string of the molecule is COc1cnc(-c2ccc3c(c2)CN(C2CCC(=O)NC2=O)C3=O)c2ccccc12. The molecule has 2 aromatic carbocycles. The molecule has 3 amide bonds. The summed E-state index contributed by atoms with van der Waals surface area (Å²) in [5.74, 6) is -0.177. The maximum Gasteiger partial charge on any atom is 0.255 e. The van der Waals surface area contributed by atoms with Crippen LogP contribution in [0.25, 0.3) is 22.0 Å². The number of fused-ring (bicyclic) bond motifs is 2. The molecule has 0 radical (unpaired) electrons. The highest BCUT2D eigenvalue weighted by Crippen LogP contribution is 2.35. The average Bonchev–Trinajstić information content (AvgIpc) is 3.08. The number of aromatic nitrogens is 1. The smallest absolute Gasteiger partial charge is 0.255 e. The first kappa shape index (κ1) is 18.3. The molecule has 1 saturated heterocycles. The molecule has 1 fully saturated rings. The lowest BCUT2D eigenvalue weighted by molar-refractivity contribution is -0.136. The van der Waals surface area contributed by atoms with Crippen LogP contribution in [0.5, 0.6) is 5.75 Å². The molecule has 1 N–H and O–H groups in total. The molecule has 3 aromatic rings. The van der Waals surface area contributed by atoms with Crippen molar-refractivity contribution in [3.8, 4) is 17.0 Å². The van der Waals surface area contributed by atoms with Crippen LogP contribution in [0.2, 0.25) is 0 Å². The molecule has 0 saturated carbocycles. The maximum absolute atomic E-state index is 12.9. The Morgan fingerprint density at radius 3 is 2.67 bits per heavy atom. The Morgan fingerprint density at radius 2 is 1.90 bits per heavy atom. The molecule has 30 heavy (non-hydrogen) atoms. The van der Waals surface area contributed by atoms with E-state index in [0.29, 0.717) is 24.3 Å². The van der Waals surface area contributed by atoms with E-state index in [0.717, 1.165) is 27.6 Å². The van der Waals surface area contributed by atoms with E-state index >= 15 is 0 Å². The van der Waals surface area contributed by atoms with Crippen molar-refractivity contribution in [2.75, 3.05) is 7.11 Å². The second kappa shape index (κ2) is 6.95. The standard InChI is InChI=1S/C23H19N3O4/c1-30-19-11-24-21(17-5-3-2-4-16(17)19)13-6-7-15-14(10-13)12-26(23(15)29)18-8-9-20(27)25-22(18)28/h2-7,10-11,18H,8-9,12H2,1H3,(H,25,27,28). The summed E-state index contributed by atoms with van der Waals surface area (Å²) in [6, 6.07) is 12.9. The molecule has 1 aromatic heterocycles. The summed E-state index contributed by atoms with van der Waals surface area (Å²) in [6.07, 6.45) is 2.29. The highest BCUT2D eigenvalue weighted by Gasteiger charge is 2.39. The fraction of sp³-hybridized carbons (Fsp3) is 0.217. The van der Waals surface area contributed by atoms with Crippen molar-refractivity contribution >= 4 is 28.5 Å². The van der Waals surface area contributed by atoms with E-state index in [2.05, 4.69) is 10.3 Å². The third-order valence-corrected chi connectivity index (χ3v) is 5.78. The first-order valence-electron chi connectivity index (χ1n) is 9.76. The van der Waals surface area contributed by atoms with Crippen LogP contribution in [-0.4, -0.2) is 40.8 Å². The fourth-order valence-corrected chi connectivity index (χ4v) is 4.28. The zero-order valence-corrected chi connectivity index (χ0v) is 16.3. The van der Waals surface area contributed by atoms with Gasteiger partial charge in [-0.2, -0.15) is 0 Å². The van der Waals surface area contributed by atoms with E-state index in [9.17, 15) is 14.4 Å². The molecule has 3 heterocycles. The number of rotatable bonds is 3. The van der Waals surface area contributed by atoms with Gasteiger partial charge in [-0.05, 0) is 24.1 Å². The number of ether oxygens (including phenoxy) is 1. The largest absolute Gasteiger partial charge is 0.494 e. The van der Waals surface area contributed by atoms with Crippen LogP contribution in [0.3, 0.4) is 0 Å². The van der Waals surface area contributed by atoms with Crippen LogP contribution in [-0.2, 0) is 16.1 Å². The number of nitrogens with one attached hydrogen (secondary N) is 1. The molecular weight excluding hydrogens is 382 g/mol. The van der Waals surface area contributed by atoms with Crippen molar-refractivity contribution < 1.29 is 19.1 Å². The topological polar surface area (TPSA) is 88.6 Å². The number of amides is 3. The van der Waals surface area contributed by atoms with E-state index in [1.807, 2.05) is 36.4 Å². The molecule has 150 valence electrons. The number of benzene rings is 2. The highest BCUT2D eigenvalue weighted by atomic mass is 16.5. The van der Waals surface area contributed by atoms with Crippen LogP contribution >= 0.6 is 0 Å². The second-order valence-electron chi connectivity index (χ2n) is 7.49. The minimum Gasteiger partial charge on any atom is -0.494 e. The Balaban J connectivity index is 1.52. The molecule has 0 spiro atoms. The summed E-state index contributed by atoms with van der Waals surface area (Å²) in [7, 11) is 1.62. The van der Waals surface area contributed by atoms with Crippen LogP contribution in [0, 0.1) is 0 Å². The fourth-order valence-electron chi connectivity index (χ4n) is 4.28. The number of pyridine rings is 1. The van der Waals surface area contributed by atoms with Gasteiger partial charge in [0.2, 0.25) is 11.8 Å². The van der Waals surface area contributed by atoms with Gasteiger partial charge in [-0.25, -0.2) is 0 Å². The molecule has 2 aliphatic heterocycles. The van der Waals surface area contributed by atoms with Gasteiger partial charge in [-0.1, -0.05) is 30.3 Å². The average molecular weight is 401 g/mol.